The summed E-state index contributed by atoms with van der Waals surface area (Å²) >= 11 is 0. The first kappa shape index (κ1) is 11.8. The number of epoxide rings is 1. The van der Waals surface area contributed by atoms with Gasteiger partial charge < -0.3 is 10.5 Å². The fraction of sp³-hybridized carbons (Fsp3) is 0.143. The lowest BCUT2D eigenvalue weighted by molar-refractivity contribution is -0.123. The van der Waals surface area contributed by atoms with Gasteiger partial charge in [-0.3, -0.25) is 9.78 Å². The molecule has 0 spiro atoms. The molecule has 0 radical (unpaired) electrons. The third-order valence-electron chi connectivity index (χ3n) is 3.20. The van der Waals surface area contributed by atoms with Crippen molar-refractivity contribution in [2.24, 2.45) is 5.73 Å². The molecular weight excluding hydrogens is 247 g/mol. The van der Waals surface area contributed by atoms with Crippen molar-refractivity contribution in [3.8, 4) is 0 Å². The first-order valence-electron chi connectivity index (χ1n) is 5.79. The van der Waals surface area contributed by atoms with Crippen LogP contribution in [0.2, 0.25) is 0 Å². The summed E-state index contributed by atoms with van der Waals surface area (Å²) in [5.41, 5.74) is 5.38. The van der Waals surface area contributed by atoms with Crippen LogP contribution in [0.25, 0.3) is 0 Å². The highest BCUT2D eigenvalue weighted by Crippen LogP contribution is 2.56. The third-order valence-corrected chi connectivity index (χ3v) is 3.20. The summed E-state index contributed by atoms with van der Waals surface area (Å²) in [6, 6.07) is 11.0. The van der Waals surface area contributed by atoms with Gasteiger partial charge in [-0.1, -0.05) is 18.2 Å². The lowest BCUT2D eigenvalue weighted by atomic mass is 9.95. The van der Waals surface area contributed by atoms with Crippen LogP contribution in [0.5, 0.6) is 0 Å². The quantitative estimate of drug-likeness (QED) is 0.851. The Balaban J connectivity index is 1.99. The van der Waals surface area contributed by atoms with Gasteiger partial charge in [-0.25, -0.2) is 4.39 Å². The van der Waals surface area contributed by atoms with Crippen LogP contribution in [0.1, 0.15) is 17.4 Å². The summed E-state index contributed by atoms with van der Waals surface area (Å²) in [7, 11) is 0. The second-order valence-corrected chi connectivity index (χ2v) is 4.36. The van der Waals surface area contributed by atoms with Crippen molar-refractivity contribution in [1.82, 2.24) is 4.98 Å². The van der Waals surface area contributed by atoms with E-state index in [9.17, 15) is 9.18 Å². The van der Waals surface area contributed by atoms with Crippen molar-refractivity contribution in [3.63, 3.8) is 0 Å². The summed E-state index contributed by atoms with van der Waals surface area (Å²) in [4.78, 5) is 15.8. The molecule has 2 aromatic rings. The topological polar surface area (TPSA) is 68.5 Å². The van der Waals surface area contributed by atoms with Gasteiger partial charge in [0.15, 0.2) is 0 Å². The van der Waals surface area contributed by atoms with Crippen LogP contribution in [0.15, 0.2) is 48.7 Å². The van der Waals surface area contributed by atoms with Gasteiger partial charge in [0.2, 0.25) is 5.60 Å². The van der Waals surface area contributed by atoms with Gasteiger partial charge in [0.05, 0.1) is 5.69 Å². The average Bonchev–Trinajstić information content (AvgIpc) is 3.17. The van der Waals surface area contributed by atoms with E-state index in [1.165, 1.54) is 12.1 Å². The summed E-state index contributed by atoms with van der Waals surface area (Å²) in [6.45, 7) is 0. The van der Waals surface area contributed by atoms with Gasteiger partial charge in [-0.2, -0.15) is 0 Å². The number of carbonyl (C=O) groups is 1. The van der Waals surface area contributed by atoms with Crippen LogP contribution in [-0.4, -0.2) is 10.9 Å². The number of pyridine rings is 1. The summed E-state index contributed by atoms with van der Waals surface area (Å²) in [6.07, 6.45) is 1.06. The van der Waals surface area contributed by atoms with E-state index in [2.05, 4.69) is 4.98 Å². The van der Waals surface area contributed by atoms with Crippen LogP contribution in [-0.2, 0) is 15.1 Å². The highest BCUT2D eigenvalue weighted by molar-refractivity contribution is 5.88. The number of benzene rings is 1. The van der Waals surface area contributed by atoms with E-state index in [1.807, 2.05) is 0 Å². The molecule has 0 unspecified atom stereocenters. The molecule has 2 heterocycles. The number of ether oxygens (including phenoxy) is 1. The van der Waals surface area contributed by atoms with Crippen LogP contribution in [0, 0.1) is 5.82 Å². The van der Waals surface area contributed by atoms with E-state index in [4.69, 9.17) is 10.5 Å². The Labute approximate surface area is 109 Å². The standard InChI is InChI=1S/C14H11FN2O2/c15-10-6-4-9(5-7-10)12-14(19-12,13(16)18)11-3-1-2-8-17-11/h1-8,12H,(H2,16,18)/t12-,14+/m1/s1. The Kier molecular flexibility index (Phi) is 2.57. The molecule has 1 aromatic carbocycles. The van der Waals surface area contributed by atoms with Crippen LogP contribution < -0.4 is 5.73 Å². The Bertz CT molecular complexity index is 615. The summed E-state index contributed by atoms with van der Waals surface area (Å²) < 4.78 is 18.4. The number of hydrogen-bond acceptors (Lipinski definition) is 3. The molecule has 0 aliphatic carbocycles. The minimum atomic E-state index is -1.24. The van der Waals surface area contributed by atoms with Gasteiger partial charge in [0, 0.05) is 6.20 Å². The van der Waals surface area contributed by atoms with Gasteiger partial charge in [0.1, 0.15) is 11.9 Å². The predicted molar refractivity (Wildman–Crippen MR) is 65.3 cm³/mol. The van der Waals surface area contributed by atoms with Crippen molar-refractivity contribution in [2.75, 3.05) is 0 Å². The molecule has 0 saturated carbocycles. The number of nitrogens with zero attached hydrogens (tertiary/aromatic N) is 1. The molecule has 4 nitrogen and oxygen atoms in total. The van der Waals surface area contributed by atoms with Crippen molar-refractivity contribution in [3.05, 3.63) is 65.7 Å². The number of carbonyl (C=O) groups excluding carboxylic acids is 1. The number of primary amides is 1. The normalized spacial score (nSPS) is 25.0. The molecule has 3 rings (SSSR count). The monoisotopic (exact) mass is 258 g/mol. The smallest absolute Gasteiger partial charge is 0.259 e. The fourth-order valence-electron chi connectivity index (χ4n) is 2.18. The molecule has 2 atom stereocenters. The first-order chi connectivity index (χ1) is 9.14. The summed E-state index contributed by atoms with van der Waals surface area (Å²) in [5, 5.41) is 0. The molecule has 1 aliphatic rings. The zero-order chi connectivity index (χ0) is 13.5. The zero-order valence-corrected chi connectivity index (χ0v) is 9.92. The Morgan fingerprint density at radius 1 is 1.26 bits per heavy atom. The molecule has 5 heteroatoms. The van der Waals surface area contributed by atoms with Crippen molar-refractivity contribution < 1.29 is 13.9 Å². The number of nitrogens with two attached hydrogens (primary N) is 1. The van der Waals surface area contributed by atoms with E-state index in [0.717, 1.165) is 0 Å². The lowest BCUT2D eigenvalue weighted by Crippen LogP contribution is -2.31. The number of hydrogen-bond donors (Lipinski definition) is 1. The van der Waals surface area contributed by atoms with E-state index >= 15 is 0 Å². The van der Waals surface area contributed by atoms with Crippen molar-refractivity contribution in [2.45, 2.75) is 11.7 Å². The minimum absolute atomic E-state index is 0.341. The summed E-state index contributed by atoms with van der Waals surface area (Å²) in [5.74, 6) is -0.938. The predicted octanol–water partition coefficient (Wildman–Crippen LogP) is 1.67. The maximum Gasteiger partial charge on any atom is 0.259 e. The first-order valence-corrected chi connectivity index (χ1v) is 5.79. The second kappa shape index (κ2) is 4.13. The number of amides is 1. The highest BCUT2D eigenvalue weighted by atomic mass is 19.1. The van der Waals surface area contributed by atoms with Gasteiger partial charge in [-0.15, -0.1) is 0 Å². The van der Waals surface area contributed by atoms with E-state index < -0.39 is 17.6 Å². The highest BCUT2D eigenvalue weighted by Gasteiger charge is 2.64. The maximum absolute atomic E-state index is 12.9. The number of aromatic nitrogens is 1. The largest absolute Gasteiger partial charge is 0.367 e. The number of halogens is 1. The SMILES string of the molecule is NC(=O)[C@@]1(c2ccccn2)O[C@@H]1c1ccc(F)cc1. The maximum atomic E-state index is 12.9. The minimum Gasteiger partial charge on any atom is -0.367 e. The average molecular weight is 258 g/mol. The molecule has 2 N–H and O–H groups in total. The van der Waals surface area contributed by atoms with Crippen LogP contribution >= 0.6 is 0 Å². The number of rotatable bonds is 3. The molecule has 1 fully saturated rings. The Morgan fingerprint density at radius 2 is 2.00 bits per heavy atom. The molecule has 1 aliphatic heterocycles. The molecule has 0 bridgehead atoms. The Morgan fingerprint density at radius 3 is 2.58 bits per heavy atom. The van der Waals surface area contributed by atoms with Crippen molar-refractivity contribution >= 4 is 5.91 Å². The lowest BCUT2D eigenvalue weighted by Gasteiger charge is -2.07. The Hall–Kier alpha value is -2.27. The molecule has 1 amide bonds. The van der Waals surface area contributed by atoms with Crippen LogP contribution in [0.3, 0.4) is 0 Å². The van der Waals surface area contributed by atoms with Crippen molar-refractivity contribution in [1.29, 1.82) is 0 Å². The molecule has 96 valence electrons. The second-order valence-electron chi connectivity index (χ2n) is 4.36. The van der Waals surface area contributed by atoms with Gasteiger partial charge in [0.25, 0.3) is 5.91 Å². The molecule has 1 saturated heterocycles. The van der Waals surface area contributed by atoms with Gasteiger partial charge in [-0.05, 0) is 29.8 Å². The zero-order valence-electron chi connectivity index (χ0n) is 9.92. The molecule has 19 heavy (non-hydrogen) atoms. The van der Waals surface area contributed by atoms with E-state index in [-0.39, 0.29) is 5.82 Å². The third kappa shape index (κ3) is 1.79. The fourth-order valence-corrected chi connectivity index (χ4v) is 2.18. The van der Waals surface area contributed by atoms with E-state index in [1.54, 1.807) is 36.5 Å². The van der Waals surface area contributed by atoms with Crippen LogP contribution in [0.4, 0.5) is 4.39 Å². The van der Waals surface area contributed by atoms with Gasteiger partial charge >= 0.3 is 0 Å². The molecule has 1 aromatic heterocycles. The molecular formula is C14H11FN2O2. The van der Waals surface area contributed by atoms with E-state index in [0.29, 0.717) is 11.3 Å².